The Morgan fingerprint density at radius 2 is 1.95 bits per heavy atom. The largest absolute Gasteiger partial charge is 0.214 e. The predicted octanol–water partition coefficient (Wildman–Crippen LogP) is 2.89. The minimum Gasteiger partial charge on any atom is -0.212 e. The molecule has 4 nitrogen and oxygen atoms in total. The maximum atomic E-state index is 12.5. The maximum absolute atomic E-state index is 12.5. The van der Waals surface area contributed by atoms with Crippen molar-refractivity contribution in [1.29, 1.82) is 5.26 Å². The Morgan fingerprint density at radius 1 is 1.29 bits per heavy atom. The van der Waals surface area contributed by atoms with Crippen LogP contribution in [0.4, 0.5) is 0 Å². The third-order valence-electron chi connectivity index (χ3n) is 4.25. The Kier molecular flexibility index (Phi) is 5.02. The lowest BCUT2D eigenvalue weighted by atomic mass is 9.92. The van der Waals surface area contributed by atoms with Crippen LogP contribution in [0, 0.1) is 11.3 Å². The Balaban J connectivity index is 2.17. The van der Waals surface area contributed by atoms with Gasteiger partial charge in [-0.3, -0.25) is 0 Å². The summed E-state index contributed by atoms with van der Waals surface area (Å²) < 4.78 is 26.7. The first-order chi connectivity index (χ1) is 9.97. The molecule has 0 aliphatic carbocycles. The van der Waals surface area contributed by atoms with Crippen LogP contribution in [-0.4, -0.2) is 30.6 Å². The van der Waals surface area contributed by atoms with Crippen LogP contribution < -0.4 is 0 Å². The maximum Gasteiger partial charge on any atom is 0.214 e. The minimum atomic E-state index is -3.29. The van der Waals surface area contributed by atoms with E-state index in [-0.39, 0.29) is 30.2 Å². The first kappa shape index (κ1) is 16.0. The summed E-state index contributed by atoms with van der Waals surface area (Å²) in [5.74, 6) is 0.309. The molecule has 1 saturated heterocycles. The van der Waals surface area contributed by atoms with Crippen molar-refractivity contribution in [3.63, 3.8) is 0 Å². The van der Waals surface area contributed by atoms with Gasteiger partial charge in [0.05, 0.1) is 11.8 Å². The lowest BCUT2D eigenvalue weighted by Crippen LogP contribution is -2.40. The molecule has 21 heavy (non-hydrogen) atoms. The third kappa shape index (κ3) is 3.45. The minimum absolute atomic E-state index is 0.0114. The van der Waals surface area contributed by atoms with Gasteiger partial charge in [0.15, 0.2) is 0 Å². The van der Waals surface area contributed by atoms with Crippen LogP contribution in [0.15, 0.2) is 30.3 Å². The van der Waals surface area contributed by atoms with Crippen LogP contribution in [0.3, 0.4) is 0 Å². The van der Waals surface area contributed by atoms with Crippen LogP contribution in [0.1, 0.15) is 44.6 Å². The van der Waals surface area contributed by atoms with Gasteiger partial charge in [0, 0.05) is 24.4 Å². The second kappa shape index (κ2) is 6.59. The molecular weight excluding hydrogens is 284 g/mol. The molecule has 1 heterocycles. The number of nitrogens with zero attached hydrogens (tertiary/aromatic N) is 2. The number of nitriles is 1. The van der Waals surface area contributed by atoms with Crippen LogP contribution >= 0.6 is 0 Å². The fraction of sp³-hybridized carbons (Fsp3) is 0.562. The van der Waals surface area contributed by atoms with Crippen molar-refractivity contribution in [1.82, 2.24) is 4.31 Å². The Morgan fingerprint density at radius 3 is 2.57 bits per heavy atom. The van der Waals surface area contributed by atoms with Crippen molar-refractivity contribution < 1.29 is 8.42 Å². The van der Waals surface area contributed by atoms with Crippen LogP contribution in [0.5, 0.6) is 0 Å². The van der Waals surface area contributed by atoms with Crippen molar-refractivity contribution in [3.05, 3.63) is 35.9 Å². The summed E-state index contributed by atoms with van der Waals surface area (Å²) in [6.45, 7) is 3.96. The number of hydrogen-bond donors (Lipinski definition) is 0. The van der Waals surface area contributed by atoms with Gasteiger partial charge in [0.25, 0.3) is 0 Å². The standard InChI is InChI=1S/C16H22N2O2S/c1-13-12-16(15-8-4-3-5-9-15)14(2)18(13)21(19,20)11-7-6-10-17/h3-5,8-9,13-14,16H,6-7,11-12H2,1-2H3/t13-,14+,16+/m1/s1. The summed E-state index contributed by atoms with van der Waals surface area (Å²) >= 11 is 0. The highest BCUT2D eigenvalue weighted by Gasteiger charge is 2.42. The Labute approximate surface area is 127 Å². The highest BCUT2D eigenvalue weighted by Crippen LogP contribution is 2.39. The van der Waals surface area contributed by atoms with Gasteiger partial charge in [-0.2, -0.15) is 9.57 Å². The molecule has 5 heteroatoms. The van der Waals surface area contributed by atoms with E-state index >= 15 is 0 Å². The molecule has 0 unspecified atom stereocenters. The zero-order valence-electron chi connectivity index (χ0n) is 12.6. The lowest BCUT2D eigenvalue weighted by molar-refractivity contribution is 0.343. The molecule has 1 aromatic rings. The summed E-state index contributed by atoms with van der Waals surface area (Å²) in [6, 6.07) is 12.1. The molecule has 114 valence electrons. The van der Waals surface area contributed by atoms with Crippen molar-refractivity contribution in [2.45, 2.75) is 51.1 Å². The molecule has 0 aromatic heterocycles. The van der Waals surface area contributed by atoms with Gasteiger partial charge in [-0.15, -0.1) is 0 Å². The van der Waals surface area contributed by atoms with E-state index in [0.717, 1.165) is 6.42 Å². The van der Waals surface area contributed by atoms with Crippen molar-refractivity contribution in [3.8, 4) is 6.07 Å². The van der Waals surface area contributed by atoms with E-state index in [4.69, 9.17) is 5.26 Å². The molecule has 0 spiro atoms. The van der Waals surface area contributed by atoms with E-state index in [1.807, 2.05) is 38.1 Å². The average molecular weight is 306 g/mol. The summed E-state index contributed by atoms with van der Waals surface area (Å²) in [7, 11) is -3.29. The van der Waals surface area contributed by atoms with Gasteiger partial charge in [0.2, 0.25) is 10.0 Å². The highest BCUT2D eigenvalue weighted by molar-refractivity contribution is 7.89. The summed E-state index contributed by atoms with van der Waals surface area (Å²) in [5, 5.41) is 8.56. The SMILES string of the molecule is C[C@@H]1C[C@H](c2ccccc2)[C@H](C)N1S(=O)(=O)CCCC#N. The summed E-state index contributed by atoms with van der Waals surface area (Å²) in [4.78, 5) is 0. The van der Waals surface area contributed by atoms with Crippen LogP contribution in [0.2, 0.25) is 0 Å². The van der Waals surface area contributed by atoms with E-state index in [1.165, 1.54) is 5.56 Å². The Bertz CT molecular complexity index is 607. The average Bonchev–Trinajstić information content (AvgIpc) is 2.75. The number of unbranched alkanes of at least 4 members (excludes halogenated alkanes) is 1. The molecule has 0 saturated carbocycles. The van der Waals surface area contributed by atoms with Gasteiger partial charge in [-0.1, -0.05) is 30.3 Å². The van der Waals surface area contributed by atoms with Crippen molar-refractivity contribution in [2.75, 3.05) is 5.75 Å². The van der Waals surface area contributed by atoms with Gasteiger partial charge < -0.3 is 0 Å². The quantitative estimate of drug-likeness (QED) is 0.786. The normalized spacial score (nSPS) is 26.6. The van der Waals surface area contributed by atoms with Gasteiger partial charge in [0.1, 0.15) is 0 Å². The molecule has 1 fully saturated rings. The fourth-order valence-electron chi connectivity index (χ4n) is 3.33. The molecule has 1 aromatic carbocycles. The second-order valence-corrected chi connectivity index (χ2v) is 7.74. The smallest absolute Gasteiger partial charge is 0.212 e. The number of sulfonamides is 1. The second-order valence-electron chi connectivity index (χ2n) is 5.75. The predicted molar refractivity (Wildman–Crippen MR) is 83.2 cm³/mol. The molecule has 2 rings (SSSR count). The van der Waals surface area contributed by atoms with Crippen molar-refractivity contribution >= 4 is 10.0 Å². The van der Waals surface area contributed by atoms with Gasteiger partial charge >= 0.3 is 0 Å². The van der Waals surface area contributed by atoms with E-state index < -0.39 is 10.0 Å². The van der Waals surface area contributed by atoms with E-state index in [1.54, 1.807) is 4.31 Å². The molecule has 0 bridgehead atoms. The molecule has 0 amide bonds. The molecule has 0 radical (unpaired) electrons. The van der Waals surface area contributed by atoms with Gasteiger partial charge in [-0.25, -0.2) is 8.42 Å². The van der Waals surface area contributed by atoms with Gasteiger partial charge in [-0.05, 0) is 32.3 Å². The monoisotopic (exact) mass is 306 g/mol. The van der Waals surface area contributed by atoms with E-state index in [0.29, 0.717) is 6.42 Å². The van der Waals surface area contributed by atoms with E-state index in [2.05, 4.69) is 12.1 Å². The number of hydrogen-bond acceptors (Lipinski definition) is 3. The van der Waals surface area contributed by atoms with Crippen molar-refractivity contribution in [2.24, 2.45) is 0 Å². The first-order valence-corrected chi connectivity index (χ1v) is 9.01. The molecular formula is C16H22N2O2S. The lowest BCUT2D eigenvalue weighted by Gasteiger charge is -2.27. The fourth-order valence-corrected chi connectivity index (χ4v) is 5.34. The number of rotatable bonds is 5. The molecule has 0 N–H and O–H groups in total. The first-order valence-electron chi connectivity index (χ1n) is 7.40. The summed E-state index contributed by atoms with van der Waals surface area (Å²) in [6.07, 6.45) is 1.55. The molecule has 1 aliphatic rings. The van der Waals surface area contributed by atoms with Crippen LogP contribution in [0.25, 0.3) is 0 Å². The zero-order valence-corrected chi connectivity index (χ0v) is 13.4. The molecule has 3 atom stereocenters. The van der Waals surface area contributed by atoms with E-state index in [9.17, 15) is 8.42 Å². The highest BCUT2D eigenvalue weighted by atomic mass is 32.2. The zero-order chi connectivity index (χ0) is 15.5. The summed E-state index contributed by atoms with van der Waals surface area (Å²) in [5.41, 5.74) is 1.20. The molecule has 1 aliphatic heterocycles. The van der Waals surface area contributed by atoms with Crippen LogP contribution in [-0.2, 0) is 10.0 Å². The third-order valence-corrected chi connectivity index (χ3v) is 6.39. The topological polar surface area (TPSA) is 61.2 Å². The Hall–Kier alpha value is -1.38. The number of benzene rings is 1.